The van der Waals surface area contributed by atoms with Crippen LogP contribution in [0, 0.1) is 0 Å². The van der Waals surface area contributed by atoms with Crippen LogP contribution in [0.2, 0.25) is 0 Å². The number of imidazole rings is 1. The van der Waals surface area contributed by atoms with Crippen LogP contribution in [0.25, 0.3) is 11.2 Å². The highest BCUT2D eigenvalue weighted by molar-refractivity contribution is 5.76. The van der Waals surface area contributed by atoms with Crippen molar-refractivity contribution in [3.63, 3.8) is 0 Å². The number of piperidine rings is 1. The van der Waals surface area contributed by atoms with Gasteiger partial charge in [-0.05, 0) is 32.6 Å². The Bertz CT molecular complexity index is 907. The maximum atomic E-state index is 12.4. The first-order valence-corrected chi connectivity index (χ1v) is 8.82. The van der Waals surface area contributed by atoms with E-state index in [1.807, 2.05) is 4.90 Å². The number of aryl methyl sites for hydroxylation is 2. The van der Waals surface area contributed by atoms with Crippen LogP contribution < -0.4 is 11.2 Å². The van der Waals surface area contributed by atoms with Gasteiger partial charge >= 0.3 is 5.69 Å². The van der Waals surface area contributed by atoms with Gasteiger partial charge in [0.1, 0.15) is 0 Å². The summed E-state index contributed by atoms with van der Waals surface area (Å²) in [5.74, 6) is 0.178. The Kier molecular flexibility index (Phi) is 4.78. The zero-order valence-electron chi connectivity index (χ0n) is 15.1. The van der Waals surface area contributed by atoms with Gasteiger partial charge in [0.05, 0.1) is 6.33 Å². The molecule has 0 N–H and O–H groups in total. The molecule has 0 bridgehead atoms. The molecule has 0 aromatic carbocycles. The van der Waals surface area contributed by atoms with E-state index in [9.17, 15) is 14.4 Å². The standard InChI is InChI=1S/C17H25N5O3/c1-12-7-4-5-10-22(12)13(23)8-6-9-21-11-18-15-14(21)16(24)20(3)17(25)19(15)2/h11-12H,4-10H2,1-3H3. The third-order valence-corrected chi connectivity index (χ3v) is 5.13. The van der Waals surface area contributed by atoms with E-state index in [-0.39, 0.29) is 11.5 Å². The molecular formula is C17H25N5O3. The molecule has 2 aromatic rings. The van der Waals surface area contributed by atoms with Crippen LogP contribution in [0.15, 0.2) is 15.9 Å². The van der Waals surface area contributed by atoms with Crippen molar-refractivity contribution in [3.05, 3.63) is 27.2 Å². The normalized spacial score (nSPS) is 18.0. The van der Waals surface area contributed by atoms with Crippen LogP contribution in [0.4, 0.5) is 0 Å². The molecule has 3 rings (SSSR count). The maximum Gasteiger partial charge on any atom is 0.332 e. The first-order chi connectivity index (χ1) is 11.9. The van der Waals surface area contributed by atoms with Gasteiger partial charge in [-0.25, -0.2) is 9.78 Å². The summed E-state index contributed by atoms with van der Waals surface area (Å²) in [5, 5.41) is 0. The molecule has 1 aliphatic heterocycles. The number of likely N-dealkylation sites (tertiary alicyclic amines) is 1. The van der Waals surface area contributed by atoms with E-state index in [0.29, 0.717) is 36.6 Å². The fourth-order valence-electron chi connectivity index (χ4n) is 3.58. The fourth-order valence-corrected chi connectivity index (χ4v) is 3.58. The largest absolute Gasteiger partial charge is 0.340 e. The maximum absolute atomic E-state index is 12.4. The van der Waals surface area contributed by atoms with E-state index in [0.717, 1.165) is 24.0 Å². The molecule has 0 radical (unpaired) electrons. The van der Waals surface area contributed by atoms with Gasteiger partial charge in [0, 0.05) is 39.6 Å². The lowest BCUT2D eigenvalue weighted by Crippen LogP contribution is -2.42. The minimum atomic E-state index is -0.392. The van der Waals surface area contributed by atoms with Crippen molar-refractivity contribution in [2.75, 3.05) is 6.54 Å². The van der Waals surface area contributed by atoms with Gasteiger partial charge in [0.25, 0.3) is 5.56 Å². The number of hydrogen-bond donors (Lipinski definition) is 0. The molecule has 1 fully saturated rings. The Morgan fingerprint density at radius 2 is 2.00 bits per heavy atom. The van der Waals surface area contributed by atoms with Gasteiger partial charge in [0.2, 0.25) is 5.91 Å². The highest BCUT2D eigenvalue weighted by Crippen LogP contribution is 2.18. The Hall–Kier alpha value is -2.38. The molecule has 0 spiro atoms. The number of rotatable bonds is 4. The molecule has 1 unspecified atom stereocenters. The summed E-state index contributed by atoms with van der Waals surface area (Å²) in [4.78, 5) is 42.9. The predicted molar refractivity (Wildman–Crippen MR) is 94.5 cm³/mol. The number of fused-ring (bicyclic) bond motifs is 1. The van der Waals surface area contributed by atoms with Gasteiger partial charge in [-0.2, -0.15) is 0 Å². The van der Waals surface area contributed by atoms with Crippen LogP contribution in [-0.2, 0) is 25.4 Å². The molecule has 8 nitrogen and oxygen atoms in total. The Labute approximate surface area is 145 Å². The van der Waals surface area contributed by atoms with Crippen LogP contribution >= 0.6 is 0 Å². The van der Waals surface area contributed by atoms with Gasteiger partial charge in [-0.15, -0.1) is 0 Å². The van der Waals surface area contributed by atoms with Crippen LogP contribution in [0.3, 0.4) is 0 Å². The molecule has 3 heterocycles. The molecule has 0 aliphatic carbocycles. The lowest BCUT2D eigenvalue weighted by molar-refractivity contribution is -0.134. The fraction of sp³-hybridized carbons (Fsp3) is 0.647. The zero-order valence-corrected chi connectivity index (χ0v) is 15.1. The van der Waals surface area contributed by atoms with Crippen molar-refractivity contribution in [1.82, 2.24) is 23.6 Å². The summed E-state index contributed by atoms with van der Waals surface area (Å²) >= 11 is 0. The molecule has 0 saturated carbocycles. The van der Waals surface area contributed by atoms with Gasteiger partial charge in [0.15, 0.2) is 11.2 Å². The number of amides is 1. The monoisotopic (exact) mass is 347 g/mol. The lowest BCUT2D eigenvalue weighted by atomic mass is 10.0. The van der Waals surface area contributed by atoms with E-state index in [2.05, 4.69) is 11.9 Å². The molecule has 1 aliphatic rings. The third kappa shape index (κ3) is 3.12. The molecule has 2 aromatic heterocycles. The van der Waals surface area contributed by atoms with Crippen LogP contribution in [0.1, 0.15) is 39.0 Å². The van der Waals surface area contributed by atoms with Crippen molar-refractivity contribution in [3.8, 4) is 0 Å². The second-order valence-corrected chi connectivity index (χ2v) is 6.85. The highest BCUT2D eigenvalue weighted by Gasteiger charge is 2.22. The van der Waals surface area contributed by atoms with Crippen molar-refractivity contribution in [1.29, 1.82) is 0 Å². The van der Waals surface area contributed by atoms with Crippen LogP contribution in [-0.4, -0.2) is 42.1 Å². The zero-order chi connectivity index (χ0) is 18.1. The summed E-state index contributed by atoms with van der Waals surface area (Å²) < 4.78 is 4.19. The third-order valence-electron chi connectivity index (χ3n) is 5.13. The summed E-state index contributed by atoms with van der Waals surface area (Å²) in [6, 6.07) is 0.317. The van der Waals surface area contributed by atoms with E-state index < -0.39 is 5.69 Å². The Morgan fingerprint density at radius 1 is 1.24 bits per heavy atom. The first kappa shape index (κ1) is 17.4. The summed E-state index contributed by atoms with van der Waals surface area (Å²) in [7, 11) is 3.06. The first-order valence-electron chi connectivity index (χ1n) is 8.82. The minimum absolute atomic E-state index is 0.178. The number of hydrogen-bond acceptors (Lipinski definition) is 4. The number of nitrogens with zero attached hydrogens (tertiary/aromatic N) is 5. The van der Waals surface area contributed by atoms with E-state index in [1.54, 1.807) is 17.9 Å². The van der Waals surface area contributed by atoms with Crippen molar-refractivity contribution >= 4 is 17.1 Å². The number of carbonyl (C=O) groups excluding carboxylic acids is 1. The number of carbonyl (C=O) groups is 1. The Morgan fingerprint density at radius 3 is 2.72 bits per heavy atom. The van der Waals surface area contributed by atoms with E-state index >= 15 is 0 Å². The molecule has 1 atom stereocenters. The summed E-state index contributed by atoms with van der Waals surface area (Å²) in [5.41, 5.74) is 0.0380. The molecular weight excluding hydrogens is 322 g/mol. The molecule has 1 amide bonds. The van der Waals surface area contributed by atoms with E-state index in [1.165, 1.54) is 18.0 Å². The SMILES string of the molecule is CC1CCCCN1C(=O)CCCn1cnc2c1c(=O)n(C)c(=O)n2C. The van der Waals surface area contributed by atoms with Crippen molar-refractivity contribution < 1.29 is 4.79 Å². The van der Waals surface area contributed by atoms with Gasteiger partial charge in [-0.1, -0.05) is 0 Å². The second kappa shape index (κ2) is 6.85. The van der Waals surface area contributed by atoms with Gasteiger partial charge in [-0.3, -0.25) is 18.7 Å². The quantitative estimate of drug-likeness (QED) is 0.812. The average molecular weight is 347 g/mol. The molecule has 136 valence electrons. The Balaban J connectivity index is 1.73. The predicted octanol–water partition coefficient (Wildman–Crippen LogP) is 0.615. The van der Waals surface area contributed by atoms with Crippen molar-refractivity contribution in [2.45, 2.75) is 51.6 Å². The molecule has 8 heteroatoms. The second-order valence-electron chi connectivity index (χ2n) is 6.85. The summed E-state index contributed by atoms with van der Waals surface area (Å²) in [6.45, 7) is 3.47. The van der Waals surface area contributed by atoms with E-state index in [4.69, 9.17) is 0 Å². The molecule has 25 heavy (non-hydrogen) atoms. The summed E-state index contributed by atoms with van der Waals surface area (Å²) in [6.07, 6.45) is 6.00. The highest BCUT2D eigenvalue weighted by atomic mass is 16.2. The number of aromatic nitrogens is 4. The van der Waals surface area contributed by atoms with Crippen LogP contribution in [0.5, 0.6) is 0 Å². The topological polar surface area (TPSA) is 82.1 Å². The van der Waals surface area contributed by atoms with Crippen molar-refractivity contribution in [2.24, 2.45) is 14.1 Å². The minimum Gasteiger partial charge on any atom is -0.340 e. The van der Waals surface area contributed by atoms with Gasteiger partial charge < -0.3 is 9.47 Å². The molecule has 1 saturated heterocycles. The lowest BCUT2D eigenvalue weighted by Gasteiger charge is -2.33. The average Bonchev–Trinajstić information content (AvgIpc) is 3.02. The smallest absolute Gasteiger partial charge is 0.332 e.